The molecule has 4 amide bonds. The highest BCUT2D eigenvalue weighted by Crippen LogP contribution is 2.28. The zero-order valence-corrected chi connectivity index (χ0v) is 30.0. The lowest BCUT2D eigenvalue weighted by atomic mass is 9.97. The number of hydrogen-bond acceptors (Lipinski definition) is 8. The average molecular weight is 695 g/mol. The summed E-state index contributed by atoms with van der Waals surface area (Å²) >= 11 is 2.82. The van der Waals surface area contributed by atoms with Crippen molar-refractivity contribution in [2.24, 2.45) is 0 Å². The number of nitrogens with one attached hydrogen (secondary N) is 3. The number of carbonyl (C=O) groups is 4. The van der Waals surface area contributed by atoms with Crippen LogP contribution in [0.3, 0.4) is 0 Å². The number of rotatable bonds is 13. The van der Waals surface area contributed by atoms with Crippen molar-refractivity contribution in [2.75, 3.05) is 24.5 Å². The highest BCUT2D eigenvalue weighted by atomic mass is 32.2. The minimum absolute atomic E-state index is 0.143. The molecule has 0 bridgehead atoms. The first-order chi connectivity index (χ1) is 22.7. The third-order valence-corrected chi connectivity index (χ3v) is 10.4. The first kappa shape index (κ1) is 37.1. The van der Waals surface area contributed by atoms with E-state index in [4.69, 9.17) is 4.74 Å². The smallest absolute Gasteiger partial charge is 0.258 e. The van der Waals surface area contributed by atoms with E-state index in [-0.39, 0.29) is 24.8 Å². The van der Waals surface area contributed by atoms with Gasteiger partial charge >= 0.3 is 0 Å². The second kappa shape index (κ2) is 16.1. The van der Waals surface area contributed by atoms with E-state index < -0.39 is 52.2 Å². The Morgan fingerprint density at radius 1 is 0.958 bits per heavy atom. The second-order valence-corrected chi connectivity index (χ2v) is 15.8. The van der Waals surface area contributed by atoms with Gasteiger partial charge in [-0.25, -0.2) is 0 Å². The number of nitrogens with zero attached hydrogens (tertiary/aromatic N) is 1. The molecule has 1 aliphatic rings. The number of carbonyl (C=O) groups excluding carboxylic acids is 4. The van der Waals surface area contributed by atoms with Crippen LogP contribution in [0.4, 0.5) is 0 Å². The van der Waals surface area contributed by atoms with Crippen molar-refractivity contribution in [3.8, 4) is 5.75 Å². The van der Waals surface area contributed by atoms with E-state index in [0.717, 1.165) is 16.3 Å². The number of benzene rings is 3. The molecule has 1 fully saturated rings. The first-order valence-corrected chi connectivity index (χ1v) is 18.3. The highest BCUT2D eigenvalue weighted by Gasteiger charge is 2.42. The van der Waals surface area contributed by atoms with Crippen LogP contribution in [-0.2, 0) is 25.6 Å². The summed E-state index contributed by atoms with van der Waals surface area (Å²) in [4.78, 5) is 55.5. The zero-order valence-electron chi connectivity index (χ0n) is 28.3. The summed E-state index contributed by atoms with van der Waals surface area (Å²) in [5, 5.41) is 22.0. The minimum atomic E-state index is -1.65. The Bertz CT molecular complexity index is 1590. The molecule has 0 aliphatic carbocycles. The number of hydrogen-bond donors (Lipinski definition) is 4. The van der Waals surface area contributed by atoms with Gasteiger partial charge in [0.2, 0.25) is 11.8 Å². The molecule has 0 radical (unpaired) electrons. The summed E-state index contributed by atoms with van der Waals surface area (Å²) in [6.45, 7) is 8.94. The van der Waals surface area contributed by atoms with Gasteiger partial charge in [0, 0.05) is 21.4 Å². The van der Waals surface area contributed by atoms with Crippen LogP contribution in [0.15, 0.2) is 72.8 Å². The summed E-state index contributed by atoms with van der Waals surface area (Å²) in [5.74, 6) is -0.823. The largest absolute Gasteiger partial charge is 0.483 e. The Balaban J connectivity index is 1.52. The topological polar surface area (TPSA) is 137 Å². The van der Waals surface area contributed by atoms with Crippen LogP contribution in [-0.4, -0.2) is 92.6 Å². The second-order valence-electron chi connectivity index (χ2n) is 13.4. The fourth-order valence-corrected chi connectivity index (χ4v) is 6.95. The first-order valence-electron chi connectivity index (χ1n) is 15.9. The molecule has 12 heteroatoms. The average Bonchev–Trinajstić information content (AvgIpc) is 3.55. The molecule has 4 atom stereocenters. The molecule has 1 saturated heterocycles. The van der Waals surface area contributed by atoms with Crippen molar-refractivity contribution in [2.45, 2.75) is 75.6 Å². The lowest BCUT2D eigenvalue weighted by Gasteiger charge is -2.35. The van der Waals surface area contributed by atoms with Crippen molar-refractivity contribution in [1.82, 2.24) is 20.9 Å². The molecule has 1 aliphatic heterocycles. The maximum Gasteiger partial charge on any atom is 0.258 e. The van der Waals surface area contributed by atoms with E-state index in [0.29, 0.717) is 11.5 Å². The highest BCUT2D eigenvalue weighted by molar-refractivity contribution is 8.00. The molecule has 4 rings (SSSR count). The van der Waals surface area contributed by atoms with Crippen molar-refractivity contribution in [3.05, 3.63) is 78.4 Å². The molecular formula is C36H46N4O6S2. The van der Waals surface area contributed by atoms with Crippen molar-refractivity contribution >= 4 is 57.9 Å². The number of fused-ring (bicyclic) bond motifs is 1. The Morgan fingerprint density at radius 3 is 2.31 bits per heavy atom. The Hall–Kier alpha value is -3.74. The maximum atomic E-state index is 14.0. The van der Waals surface area contributed by atoms with Gasteiger partial charge in [0.15, 0.2) is 12.7 Å². The molecule has 3 aromatic carbocycles. The van der Waals surface area contributed by atoms with Crippen LogP contribution in [0.1, 0.15) is 40.2 Å². The third-order valence-electron chi connectivity index (χ3n) is 8.12. The Morgan fingerprint density at radius 2 is 1.62 bits per heavy atom. The van der Waals surface area contributed by atoms with Crippen LogP contribution < -0.4 is 20.7 Å². The summed E-state index contributed by atoms with van der Waals surface area (Å²) in [6.07, 6.45) is 0.331. The predicted octanol–water partition coefficient (Wildman–Crippen LogP) is 3.75. The molecular weight excluding hydrogens is 649 g/mol. The van der Waals surface area contributed by atoms with Gasteiger partial charge in [-0.1, -0.05) is 66.7 Å². The van der Waals surface area contributed by atoms with Gasteiger partial charge in [0.25, 0.3) is 11.8 Å². The van der Waals surface area contributed by atoms with Gasteiger partial charge in [0.05, 0.1) is 11.9 Å². The van der Waals surface area contributed by atoms with E-state index in [1.165, 1.54) is 28.4 Å². The lowest BCUT2D eigenvalue weighted by molar-refractivity contribution is -0.147. The normalized spacial score (nSPS) is 16.9. The number of aliphatic hydroxyl groups excluding tert-OH is 1. The molecule has 0 aromatic heterocycles. The van der Waals surface area contributed by atoms with E-state index >= 15 is 0 Å². The Kier molecular flexibility index (Phi) is 12.4. The molecule has 10 nitrogen and oxygen atoms in total. The maximum absolute atomic E-state index is 14.0. The molecule has 4 N–H and O–H groups in total. The monoisotopic (exact) mass is 694 g/mol. The van der Waals surface area contributed by atoms with Crippen molar-refractivity contribution in [1.29, 1.82) is 0 Å². The Labute approximate surface area is 291 Å². The van der Waals surface area contributed by atoms with Crippen LogP contribution in [0, 0.1) is 0 Å². The molecule has 48 heavy (non-hydrogen) atoms. The van der Waals surface area contributed by atoms with Gasteiger partial charge in [-0.3, -0.25) is 19.2 Å². The fraction of sp³-hybridized carbons (Fsp3) is 0.444. The molecule has 1 heterocycles. The van der Waals surface area contributed by atoms with E-state index in [1.807, 2.05) is 108 Å². The zero-order chi connectivity index (χ0) is 35.1. The number of amides is 4. The summed E-state index contributed by atoms with van der Waals surface area (Å²) in [5.41, 5.74) is 0.297. The van der Waals surface area contributed by atoms with Crippen molar-refractivity contribution < 1.29 is 29.0 Å². The molecule has 258 valence electrons. The standard InChI is InChI=1S/C36H46N4O6S2/c1-35(2,3)39-32(43)27-21-48-22-40(27)34(45)30(42)26(19-23-13-8-7-9-14-23)37-33(44)31(36(4,5)47-6)38-29(41)20-46-28-18-12-16-24-15-10-11-17-25(24)28/h7-18,26-27,30-31,42H,19-22H2,1-6H3,(H,37,44)(H,38,41)(H,39,43)/t26-,27-,30-,31+/m0/s1. The van der Waals surface area contributed by atoms with Gasteiger partial charge in [-0.2, -0.15) is 11.8 Å². The molecule has 3 aromatic rings. The summed E-state index contributed by atoms with van der Waals surface area (Å²) in [6, 6.07) is 19.7. The fourth-order valence-electron chi connectivity index (χ4n) is 5.39. The van der Waals surface area contributed by atoms with E-state index in [2.05, 4.69) is 16.0 Å². The van der Waals surface area contributed by atoms with Crippen LogP contribution in [0.2, 0.25) is 0 Å². The summed E-state index contributed by atoms with van der Waals surface area (Å²) < 4.78 is 5.11. The number of thioether (sulfide) groups is 2. The molecule has 0 unspecified atom stereocenters. The van der Waals surface area contributed by atoms with Crippen LogP contribution in [0.5, 0.6) is 5.75 Å². The van der Waals surface area contributed by atoms with Crippen molar-refractivity contribution in [3.63, 3.8) is 0 Å². The SMILES string of the molecule is CSC(C)(C)[C@H](NC(=O)COc1cccc2ccccc12)C(=O)N[C@@H](Cc1ccccc1)[C@H](O)C(=O)N1CSC[C@H]1C(=O)NC(C)(C)C. The molecule has 0 spiro atoms. The quantitative estimate of drug-likeness (QED) is 0.213. The number of aliphatic hydroxyl groups is 1. The molecule has 0 saturated carbocycles. The minimum Gasteiger partial charge on any atom is -0.483 e. The van der Waals surface area contributed by atoms with Gasteiger partial charge < -0.3 is 30.7 Å². The third kappa shape index (κ3) is 9.67. The van der Waals surface area contributed by atoms with Gasteiger partial charge in [-0.15, -0.1) is 11.8 Å². The van der Waals surface area contributed by atoms with Gasteiger partial charge in [-0.05, 0) is 64.3 Å². The van der Waals surface area contributed by atoms with E-state index in [1.54, 1.807) is 6.07 Å². The predicted molar refractivity (Wildman–Crippen MR) is 193 cm³/mol. The van der Waals surface area contributed by atoms with Gasteiger partial charge in [0.1, 0.15) is 17.8 Å². The van der Waals surface area contributed by atoms with E-state index in [9.17, 15) is 24.3 Å². The number of ether oxygens (including phenoxy) is 1. The van der Waals surface area contributed by atoms with Crippen LogP contribution >= 0.6 is 23.5 Å². The van der Waals surface area contributed by atoms with Crippen LogP contribution in [0.25, 0.3) is 10.8 Å². The summed E-state index contributed by atoms with van der Waals surface area (Å²) in [7, 11) is 0. The lowest BCUT2D eigenvalue weighted by Crippen LogP contribution is -2.62.